The summed E-state index contributed by atoms with van der Waals surface area (Å²) < 4.78 is 0. The van der Waals surface area contributed by atoms with Crippen molar-refractivity contribution in [3.63, 3.8) is 0 Å². The second-order valence-electron chi connectivity index (χ2n) is 3.40. The first-order chi connectivity index (χ1) is 6.25. The highest BCUT2D eigenvalue weighted by Crippen LogP contribution is 2.03. The third-order valence-electron chi connectivity index (χ3n) is 2.28. The summed E-state index contributed by atoms with van der Waals surface area (Å²) >= 11 is 0. The number of carbonyl (C=O) groups is 1. The zero-order valence-electron chi connectivity index (χ0n) is 8.42. The first-order valence-corrected chi connectivity index (χ1v) is 4.93. The number of carbonyl (C=O) groups excluding carboxylic acids is 1. The number of hydrogen-bond acceptors (Lipinski definition) is 2. The number of piperazine rings is 1. The Balaban J connectivity index is 2.48. The van der Waals surface area contributed by atoms with Crippen LogP contribution in [0.3, 0.4) is 0 Å². The minimum absolute atomic E-state index is 0.149. The van der Waals surface area contributed by atoms with Crippen molar-refractivity contribution in [1.82, 2.24) is 10.2 Å². The van der Waals surface area contributed by atoms with Gasteiger partial charge in [-0.25, -0.2) is 0 Å². The maximum atomic E-state index is 11.6. The molecule has 0 aliphatic carbocycles. The van der Waals surface area contributed by atoms with Crippen LogP contribution >= 0.6 is 0 Å². The largest absolute Gasteiger partial charge is 0.334 e. The van der Waals surface area contributed by atoms with Gasteiger partial charge in [0.05, 0.1) is 0 Å². The maximum absolute atomic E-state index is 11.6. The minimum atomic E-state index is 0.149. The third-order valence-corrected chi connectivity index (χ3v) is 2.28. The van der Waals surface area contributed by atoms with Crippen molar-refractivity contribution in [1.29, 1.82) is 0 Å². The maximum Gasteiger partial charge on any atom is 0.246 e. The first kappa shape index (κ1) is 10.3. The molecule has 0 spiro atoms. The molecular formula is C10H18N2O. The fourth-order valence-corrected chi connectivity index (χ4v) is 1.48. The molecule has 1 fully saturated rings. The summed E-state index contributed by atoms with van der Waals surface area (Å²) in [6.45, 7) is 6.75. The van der Waals surface area contributed by atoms with E-state index in [2.05, 4.69) is 12.2 Å². The Morgan fingerprint density at radius 1 is 1.69 bits per heavy atom. The highest BCUT2D eigenvalue weighted by molar-refractivity contribution is 5.87. The zero-order valence-corrected chi connectivity index (χ0v) is 8.42. The molecule has 13 heavy (non-hydrogen) atoms. The van der Waals surface area contributed by atoms with Gasteiger partial charge in [0.25, 0.3) is 0 Å². The average Bonchev–Trinajstić information content (AvgIpc) is 2.15. The number of hydrogen-bond donors (Lipinski definition) is 1. The summed E-state index contributed by atoms with van der Waals surface area (Å²) in [6, 6.07) is 0.322. The smallest absolute Gasteiger partial charge is 0.246 e. The van der Waals surface area contributed by atoms with Gasteiger partial charge >= 0.3 is 0 Å². The molecule has 1 aliphatic rings. The highest BCUT2D eigenvalue weighted by Gasteiger charge is 2.20. The summed E-state index contributed by atoms with van der Waals surface area (Å²) in [4.78, 5) is 13.5. The van der Waals surface area contributed by atoms with Crippen LogP contribution in [0.4, 0.5) is 0 Å². The van der Waals surface area contributed by atoms with Crippen molar-refractivity contribution in [2.75, 3.05) is 19.6 Å². The molecule has 0 unspecified atom stereocenters. The molecule has 1 saturated heterocycles. The fourth-order valence-electron chi connectivity index (χ4n) is 1.48. The molecule has 0 radical (unpaired) electrons. The van der Waals surface area contributed by atoms with Crippen LogP contribution in [0.25, 0.3) is 0 Å². The summed E-state index contributed by atoms with van der Waals surface area (Å²) in [6.07, 6.45) is 4.52. The SMILES string of the molecule is CC/C=C/C(=O)N1CCNC[C@H]1C. The van der Waals surface area contributed by atoms with Crippen molar-refractivity contribution < 1.29 is 4.79 Å². The van der Waals surface area contributed by atoms with Gasteiger partial charge in [-0.15, -0.1) is 0 Å². The van der Waals surface area contributed by atoms with E-state index < -0.39 is 0 Å². The molecule has 1 atom stereocenters. The van der Waals surface area contributed by atoms with E-state index in [0.717, 1.165) is 26.1 Å². The van der Waals surface area contributed by atoms with E-state index in [1.807, 2.05) is 17.9 Å². The quantitative estimate of drug-likeness (QED) is 0.640. The third kappa shape index (κ3) is 2.84. The highest BCUT2D eigenvalue weighted by atomic mass is 16.2. The Bertz CT molecular complexity index is 201. The van der Waals surface area contributed by atoms with E-state index in [4.69, 9.17) is 0 Å². The lowest BCUT2D eigenvalue weighted by atomic mass is 10.2. The van der Waals surface area contributed by atoms with Crippen LogP contribution in [0, 0.1) is 0 Å². The molecule has 74 valence electrons. The van der Waals surface area contributed by atoms with E-state index >= 15 is 0 Å². The van der Waals surface area contributed by atoms with Gasteiger partial charge in [-0.3, -0.25) is 4.79 Å². The molecule has 0 bridgehead atoms. The van der Waals surface area contributed by atoms with Gasteiger partial charge in [-0.1, -0.05) is 13.0 Å². The molecule has 1 aliphatic heterocycles. The fraction of sp³-hybridized carbons (Fsp3) is 0.700. The van der Waals surface area contributed by atoms with E-state index in [1.165, 1.54) is 0 Å². The molecule has 0 saturated carbocycles. The standard InChI is InChI=1S/C10H18N2O/c1-3-4-5-10(13)12-7-6-11-8-9(12)2/h4-5,9,11H,3,6-8H2,1-2H3/b5-4+/t9-/m1/s1. The van der Waals surface area contributed by atoms with Crippen LogP contribution in [0.15, 0.2) is 12.2 Å². The number of amides is 1. The minimum Gasteiger partial charge on any atom is -0.334 e. The van der Waals surface area contributed by atoms with Crippen LogP contribution in [-0.4, -0.2) is 36.5 Å². The Morgan fingerprint density at radius 2 is 2.46 bits per heavy atom. The Labute approximate surface area is 79.8 Å². The van der Waals surface area contributed by atoms with Gasteiger partial charge in [0.15, 0.2) is 0 Å². The summed E-state index contributed by atoms with van der Waals surface area (Å²) in [5, 5.41) is 3.26. The van der Waals surface area contributed by atoms with Crippen molar-refractivity contribution in [2.24, 2.45) is 0 Å². The van der Waals surface area contributed by atoms with Gasteiger partial charge in [0.2, 0.25) is 5.91 Å². The van der Waals surface area contributed by atoms with Crippen LogP contribution in [0.1, 0.15) is 20.3 Å². The normalized spacial score (nSPS) is 23.8. The monoisotopic (exact) mass is 182 g/mol. The van der Waals surface area contributed by atoms with Crippen molar-refractivity contribution in [2.45, 2.75) is 26.3 Å². The molecule has 3 nitrogen and oxygen atoms in total. The first-order valence-electron chi connectivity index (χ1n) is 4.93. The van der Waals surface area contributed by atoms with Crippen LogP contribution < -0.4 is 5.32 Å². The van der Waals surface area contributed by atoms with E-state index in [9.17, 15) is 4.79 Å². The van der Waals surface area contributed by atoms with Crippen LogP contribution in [-0.2, 0) is 4.79 Å². The zero-order chi connectivity index (χ0) is 9.68. The van der Waals surface area contributed by atoms with Gasteiger partial charge in [-0.05, 0) is 19.4 Å². The predicted molar refractivity (Wildman–Crippen MR) is 53.5 cm³/mol. The number of nitrogens with one attached hydrogen (secondary N) is 1. The number of rotatable bonds is 2. The second kappa shape index (κ2) is 5.02. The lowest BCUT2D eigenvalue weighted by Crippen LogP contribution is -2.51. The van der Waals surface area contributed by atoms with Gasteiger partial charge in [0, 0.05) is 25.7 Å². The van der Waals surface area contributed by atoms with E-state index in [-0.39, 0.29) is 5.91 Å². The lowest BCUT2D eigenvalue weighted by Gasteiger charge is -2.33. The number of allylic oxidation sites excluding steroid dienone is 1. The molecule has 0 aromatic carbocycles. The van der Waals surface area contributed by atoms with Crippen molar-refractivity contribution >= 4 is 5.91 Å². The molecule has 1 rings (SSSR count). The van der Waals surface area contributed by atoms with Crippen molar-refractivity contribution in [3.05, 3.63) is 12.2 Å². The predicted octanol–water partition coefficient (Wildman–Crippen LogP) is 0.773. The number of nitrogens with zero attached hydrogens (tertiary/aromatic N) is 1. The average molecular weight is 182 g/mol. The topological polar surface area (TPSA) is 32.3 Å². The van der Waals surface area contributed by atoms with Crippen LogP contribution in [0.5, 0.6) is 0 Å². The van der Waals surface area contributed by atoms with Gasteiger partial charge < -0.3 is 10.2 Å². The Hall–Kier alpha value is -0.830. The summed E-state index contributed by atoms with van der Waals surface area (Å²) in [7, 11) is 0. The summed E-state index contributed by atoms with van der Waals surface area (Å²) in [5.74, 6) is 0.149. The Kier molecular flexibility index (Phi) is 3.96. The summed E-state index contributed by atoms with van der Waals surface area (Å²) in [5.41, 5.74) is 0. The Morgan fingerprint density at radius 3 is 3.08 bits per heavy atom. The van der Waals surface area contributed by atoms with Gasteiger partial charge in [-0.2, -0.15) is 0 Å². The molecule has 3 heteroatoms. The van der Waals surface area contributed by atoms with Gasteiger partial charge in [0.1, 0.15) is 0 Å². The van der Waals surface area contributed by atoms with Crippen molar-refractivity contribution in [3.8, 4) is 0 Å². The van der Waals surface area contributed by atoms with E-state index in [0.29, 0.717) is 6.04 Å². The molecule has 1 amide bonds. The molecule has 0 aromatic rings. The molecule has 0 aromatic heterocycles. The van der Waals surface area contributed by atoms with E-state index in [1.54, 1.807) is 6.08 Å². The molecule has 1 N–H and O–H groups in total. The molecular weight excluding hydrogens is 164 g/mol. The lowest BCUT2D eigenvalue weighted by molar-refractivity contribution is -0.128. The second-order valence-corrected chi connectivity index (χ2v) is 3.40. The van der Waals surface area contributed by atoms with Crippen LogP contribution in [0.2, 0.25) is 0 Å². The molecule has 1 heterocycles.